The summed E-state index contributed by atoms with van der Waals surface area (Å²) in [4.78, 5) is 12.5. The van der Waals surface area contributed by atoms with E-state index in [1.54, 1.807) is 13.8 Å². The summed E-state index contributed by atoms with van der Waals surface area (Å²) in [7, 11) is 0. The van der Waals surface area contributed by atoms with Crippen molar-refractivity contribution in [2.75, 3.05) is 13.1 Å². The molecule has 1 heterocycles. The molecule has 0 radical (unpaired) electrons. The molecule has 2 N–H and O–H groups in total. The number of rotatable bonds is 3. The van der Waals surface area contributed by atoms with Crippen LogP contribution in [0.1, 0.15) is 26.7 Å². The number of likely N-dealkylation sites (tertiary alicyclic amines) is 1. The standard InChI is InChI=1S/C12H18F6N2O.ClH/c1-3-7(2)8(19)9(21)20-5-4-10(6-20,11(13,14)15)12(16,17)18;/h7-8H,3-6,19H2,1-2H3;1H. The van der Waals surface area contributed by atoms with E-state index in [-0.39, 0.29) is 18.3 Å². The Kier molecular flexibility index (Phi) is 6.60. The Bertz CT molecular complexity index is 384. The van der Waals surface area contributed by atoms with E-state index >= 15 is 0 Å². The van der Waals surface area contributed by atoms with Gasteiger partial charge in [-0.05, 0) is 12.3 Å². The van der Waals surface area contributed by atoms with Crippen LogP contribution < -0.4 is 5.73 Å². The Labute approximate surface area is 130 Å². The van der Waals surface area contributed by atoms with Crippen LogP contribution in [0.3, 0.4) is 0 Å². The Balaban J connectivity index is 0.00000441. The number of carbonyl (C=O) groups excluding carboxylic acids is 1. The smallest absolute Gasteiger partial charge is 0.340 e. The molecule has 3 nitrogen and oxygen atoms in total. The maximum absolute atomic E-state index is 12.9. The predicted molar refractivity (Wildman–Crippen MR) is 70.4 cm³/mol. The van der Waals surface area contributed by atoms with Gasteiger partial charge in [0.2, 0.25) is 5.91 Å². The molecule has 0 aliphatic carbocycles. The van der Waals surface area contributed by atoms with Gasteiger partial charge < -0.3 is 10.6 Å². The molecule has 0 bridgehead atoms. The predicted octanol–water partition coefficient (Wildman–Crippen LogP) is 3.12. The minimum Gasteiger partial charge on any atom is -0.340 e. The Hall–Kier alpha value is -0.700. The van der Waals surface area contributed by atoms with Gasteiger partial charge in [-0.3, -0.25) is 4.79 Å². The summed E-state index contributed by atoms with van der Waals surface area (Å²) in [6.07, 6.45) is -11.6. The van der Waals surface area contributed by atoms with Gasteiger partial charge in [0.15, 0.2) is 5.41 Å². The second-order valence-corrected chi connectivity index (χ2v) is 5.50. The maximum atomic E-state index is 12.9. The lowest BCUT2D eigenvalue weighted by Crippen LogP contribution is -2.53. The number of nitrogens with zero attached hydrogens (tertiary/aromatic N) is 1. The van der Waals surface area contributed by atoms with E-state index in [1.165, 1.54) is 0 Å². The van der Waals surface area contributed by atoms with Crippen molar-refractivity contribution in [3.05, 3.63) is 0 Å². The summed E-state index contributed by atoms with van der Waals surface area (Å²) >= 11 is 0. The first-order chi connectivity index (χ1) is 9.37. The first kappa shape index (κ1) is 21.3. The number of nitrogens with two attached hydrogens (primary N) is 1. The van der Waals surface area contributed by atoms with Gasteiger partial charge in [0, 0.05) is 13.1 Å². The SMILES string of the molecule is CCC(C)C(N)C(=O)N1CCC(C(F)(F)F)(C(F)(F)F)C1.Cl. The van der Waals surface area contributed by atoms with Crippen molar-refractivity contribution in [2.45, 2.75) is 45.1 Å². The second kappa shape index (κ2) is 6.82. The molecule has 10 heteroatoms. The number of hydrogen-bond donors (Lipinski definition) is 1. The summed E-state index contributed by atoms with van der Waals surface area (Å²) in [5, 5.41) is 0. The molecule has 0 aromatic rings. The normalized spacial score (nSPS) is 21.2. The number of halogens is 7. The van der Waals surface area contributed by atoms with E-state index in [4.69, 9.17) is 5.73 Å². The highest BCUT2D eigenvalue weighted by Gasteiger charge is 2.73. The van der Waals surface area contributed by atoms with Crippen molar-refractivity contribution in [2.24, 2.45) is 17.1 Å². The molecule has 2 atom stereocenters. The minimum absolute atomic E-state index is 0. The highest BCUT2D eigenvalue weighted by atomic mass is 35.5. The van der Waals surface area contributed by atoms with Gasteiger partial charge in [-0.15, -0.1) is 12.4 Å². The van der Waals surface area contributed by atoms with Crippen LogP contribution in [0.15, 0.2) is 0 Å². The molecule has 132 valence electrons. The largest absolute Gasteiger partial charge is 0.404 e. The van der Waals surface area contributed by atoms with Gasteiger partial charge in [-0.2, -0.15) is 26.3 Å². The van der Waals surface area contributed by atoms with Crippen LogP contribution in [0, 0.1) is 11.3 Å². The van der Waals surface area contributed by atoms with Gasteiger partial charge in [0.05, 0.1) is 6.04 Å². The van der Waals surface area contributed by atoms with Crippen LogP contribution in [0.25, 0.3) is 0 Å². The molecular formula is C12H19ClF6N2O. The number of alkyl halides is 6. The Morgan fingerprint density at radius 2 is 1.68 bits per heavy atom. The molecule has 1 fully saturated rings. The van der Waals surface area contributed by atoms with E-state index in [0.717, 1.165) is 0 Å². The third kappa shape index (κ3) is 3.61. The lowest BCUT2D eigenvalue weighted by molar-refractivity contribution is -0.334. The molecule has 2 unspecified atom stereocenters. The first-order valence-corrected chi connectivity index (χ1v) is 6.55. The Morgan fingerprint density at radius 1 is 1.23 bits per heavy atom. The fraction of sp³-hybridized carbons (Fsp3) is 0.917. The van der Waals surface area contributed by atoms with Crippen LogP contribution in [-0.2, 0) is 4.79 Å². The number of carbonyl (C=O) groups is 1. The van der Waals surface area contributed by atoms with E-state index < -0.39 is 49.2 Å². The number of amides is 1. The van der Waals surface area contributed by atoms with Crippen LogP contribution >= 0.6 is 12.4 Å². The molecule has 0 aromatic heterocycles. The van der Waals surface area contributed by atoms with Crippen molar-refractivity contribution < 1.29 is 31.1 Å². The second-order valence-electron chi connectivity index (χ2n) is 5.50. The lowest BCUT2D eigenvalue weighted by atomic mass is 9.85. The zero-order valence-corrected chi connectivity index (χ0v) is 12.9. The molecule has 0 saturated carbocycles. The minimum atomic E-state index is -5.46. The zero-order valence-electron chi connectivity index (χ0n) is 12.1. The van der Waals surface area contributed by atoms with Crippen molar-refractivity contribution >= 4 is 18.3 Å². The Morgan fingerprint density at radius 3 is 2.00 bits per heavy atom. The molecular weight excluding hydrogens is 338 g/mol. The monoisotopic (exact) mass is 356 g/mol. The van der Waals surface area contributed by atoms with Crippen LogP contribution in [0.2, 0.25) is 0 Å². The van der Waals surface area contributed by atoms with E-state index in [2.05, 4.69) is 0 Å². The number of hydrogen-bond acceptors (Lipinski definition) is 2. The van der Waals surface area contributed by atoms with E-state index in [9.17, 15) is 31.1 Å². The van der Waals surface area contributed by atoms with Crippen molar-refractivity contribution in [1.29, 1.82) is 0 Å². The molecule has 1 aliphatic heterocycles. The molecule has 0 aromatic carbocycles. The summed E-state index contributed by atoms with van der Waals surface area (Å²) in [6.45, 7) is 1.35. The van der Waals surface area contributed by atoms with Gasteiger partial charge >= 0.3 is 12.4 Å². The van der Waals surface area contributed by atoms with Gasteiger partial charge in [-0.1, -0.05) is 20.3 Å². The highest BCUT2D eigenvalue weighted by molar-refractivity contribution is 5.85. The fourth-order valence-electron chi connectivity index (χ4n) is 2.33. The molecule has 0 spiro atoms. The third-order valence-electron chi connectivity index (χ3n) is 4.21. The van der Waals surface area contributed by atoms with Crippen LogP contribution in [0.4, 0.5) is 26.3 Å². The van der Waals surface area contributed by atoms with E-state index in [0.29, 0.717) is 11.3 Å². The topological polar surface area (TPSA) is 46.3 Å². The van der Waals surface area contributed by atoms with Crippen LogP contribution in [-0.4, -0.2) is 42.3 Å². The average molecular weight is 357 g/mol. The van der Waals surface area contributed by atoms with Gasteiger partial charge in [0.25, 0.3) is 0 Å². The maximum Gasteiger partial charge on any atom is 0.404 e. The quantitative estimate of drug-likeness (QED) is 0.790. The summed E-state index contributed by atoms with van der Waals surface area (Å²) < 4.78 is 77.3. The summed E-state index contributed by atoms with van der Waals surface area (Å²) in [5.74, 6) is -1.18. The first-order valence-electron chi connectivity index (χ1n) is 6.55. The fourth-order valence-corrected chi connectivity index (χ4v) is 2.33. The molecule has 1 amide bonds. The van der Waals surface area contributed by atoms with Crippen molar-refractivity contribution in [3.8, 4) is 0 Å². The van der Waals surface area contributed by atoms with Crippen molar-refractivity contribution in [1.82, 2.24) is 4.90 Å². The molecule has 1 aliphatic rings. The van der Waals surface area contributed by atoms with Crippen LogP contribution in [0.5, 0.6) is 0 Å². The van der Waals surface area contributed by atoms with Gasteiger partial charge in [-0.25, -0.2) is 0 Å². The summed E-state index contributed by atoms with van der Waals surface area (Å²) in [6, 6.07) is -1.09. The van der Waals surface area contributed by atoms with E-state index in [1.807, 2.05) is 0 Å². The lowest BCUT2D eigenvalue weighted by Gasteiger charge is -2.34. The zero-order chi connectivity index (χ0) is 16.6. The molecule has 22 heavy (non-hydrogen) atoms. The summed E-state index contributed by atoms with van der Waals surface area (Å²) in [5.41, 5.74) is 1.75. The molecule has 1 saturated heterocycles. The molecule has 1 rings (SSSR count). The van der Waals surface area contributed by atoms with Crippen molar-refractivity contribution in [3.63, 3.8) is 0 Å². The average Bonchev–Trinajstić information content (AvgIpc) is 2.81. The van der Waals surface area contributed by atoms with Gasteiger partial charge in [0.1, 0.15) is 0 Å². The highest BCUT2D eigenvalue weighted by Crippen LogP contribution is 2.55. The third-order valence-corrected chi connectivity index (χ3v) is 4.21.